The molecule has 0 atom stereocenters. The third-order valence-electron chi connectivity index (χ3n) is 4.65. The van der Waals surface area contributed by atoms with Gasteiger partial charge < -0.3 is 4.74 Å². The van der Waals surface area contributed by atoms with Crippen LogP contribution in [0, 0.1) is 0 Å². The van der Waals surface area contributed by atoms with Crippen molar-refractivity contribution in [1.82, 2.24) is 34.3 Å². The Labute approximate surface area is 166 Å². The summed E-state index contributed by atoms with van der Waals surface area (Å²) in [6, 6.07) is 19.8. The molecule has 0 aliphatic heterocycles. The third-order valence-corrected chi connectivity index (χ3v) is 4.65. The summed E-state index contributed by atoms with van der Waals surface area (Å²) in [4.78, 5) is 9.00. The zero-order chi connectivity index (χ0) is 19.6. The maximum atomic E-state index is 6.08. The van der Waals surface area contributed by atoms with Crippen molar-refractivity contribution in [2.45, 2.75) is 6.61 Å². The average Bonchev–Trinajstić information content (AvgIpc) is 3.36. The first kappa shape index (κ1) is 17.1. The van der Waals surface area contributed by atoms with Gasteiger partial charge in [-0.1, -0.05) is 60.7 Å². The number of benzene rings is 2. The van der Waals surface area contributed by atoms with Crippen molar-refractivity contribution in [3.8, 4) is 28.4 Å². The molecule has 5 rings (SSSR count). The van der Waals surface area contributed by atoms with E-state index in [-0.39, 0.29) is 6.61 Å². The van der Waals surface area contributed by atoms with Gasteiger partial charge in [0.1, 0.15) is 30.6 Å². The minimum absolute atomic E-state index is 0.252. The first-order valence-electron chi connectivity index (χ1n) is 9.11. The summed E-state index contributed by atoms with van der Waals surface area (Å²) >= 11 is 0. The Morgan fingerprint density at radius 1 is 0.931 bits per heavy atom. The largest absolute Gasteiger partial charge is 0.468 e. The second kappa shape index (κ2) is 7.16. The van der Waals surface area contributed by atoms with Gasteiger partial charge in [0.05, 0.1) is 0 Å². The number of rotatable bonds is 5. The third kappa shape index (κ3) is 3.10. The van der Waals surface area contributed by atoms with Gasteiger partial charge in [0.15, 0.2) is 11.5 Å². The van der Waals surface area contributed by atoms with E-state index in [1.54, 1.807) is 11.0 Å². The summed E-state index contributed by atoms with van der Waals surface area (Å²) in [6.45, 7) is 0.252. The highest BCUT2D eigenvalue weighted by molar-refractivity contribution is 5.79. The van der Waals surface area contributed by atoms with Gasteiger partial charge in [0, 0.05) is 18.2 Å². The van der Waals surface area contributed by atoms with Crippen molar-refractivity contribution in [3.05, 3.63) is 79.1 Å². The molecule has 5 aromatic rings. The van der Waals surface area contributed by atoms with Crippen LogP contribution < -0.4 is 4.74 Å². The van der Waals surface area contributed by atoms with E-state index in [1.807, 2.05) is 72.1 Å². The maximum absolute atomic E-state index is 6.08. The molecule has 0 radical (unpaired) electrons. The SMILES string of the molecule is Cn1ncnc1COc1nc2c(-c3ccccc3)nncn2c1-c1ccccc1. The number of aryl methyl sites for hydroxylation is 1. The fourth-order valence-electron chi connectivity index (χ4n) is 3.20. The fraction of sp³-hybridized carbons (Fsp3) is 0.0952. The van der Waals surface area contributed by atoms with Gasteiger partial charge in [0.2, 0.25) is 5.88 Å². The lowest BCUT2D eigenvalue weighted by Gasteiger charge is -2.07. The molecule has 0 saturated heterocycles. The predicted molar refractivity (Wildman–Crippen MR) is 107 cm³/mol. The zero-order valence-electron chi connectivity index (χ0n) is 15.7. The van der Waals surface area contributed by atoms with E-state index in [0.717, 1.165) is 16.8 Å². The van der Waals surface area contributed by atoms with Gasteiger partial charge in [0.25, 0.3) is 0 Å². The van der Waals surface area contributed by atoms with E-state index in [4.69, 9.17) is 9.72 Å². The van der Waals surface area contributed by atoms with Gasteiger partial charge in [-0.05, 0) is 0 Å². The van der Waals surface area contributed by atoms with Crippen LogP contribution in [0.4, 0.5) is 0 Å². The van der Waals surface area contributed by atoms with Gasteiger partial charge in [-0.2, -0.15) is 10.1 Å². The summed E-state index contributed by atoms with van der Waals surface area (Å²) in [7, 11) is 1.83. The standard InChI is InChI=1S/C21H17N7O/c1-27-17(22-13-24-27)12-29-21-19(16-10-6-3-7-11-16)28-14-23-26-18(20(28)25-21)15-8-4-2-5-9-15/h2-11,13-14H,12H2,1H3. The van der Waals surface area contributed by atoms with E-state index in [2.05, 4.69) is 20.3 Å². The Morgan fingerprint density at radius 3 is 2.34 bits per heavy atom. The maximum Gasteiger partial charge on any atom is 0.241 e. The highest BCUT2D eigenvalue weighted by Crippen LogP contribution is 2.33. The molecular weight excluding hydrogens is 366 g/mol. The molecule has 0 aliphatic carbocycles. The molecule has 0 N–H and O–H groups in total. The van der Waals surface area contributed by atoms with Crippen molar-refractivity contribution in [2.24, 2.45) is 7.05 Å². The molecule has 142 valence electrons. The number of ether oxygens (including phenoxy) is 1. The van der Waals surface area contributed by atoms with Crippen LogP contribution in [-0.4, -0.2) is 34.3 Å². The highest BCUT2D eigenvalue weighted by atomic mass is 16.5. The van der Waals surface area contributed by atoms with Crippen LogP contribution in [-0.2, 0) is 13.7 Å². The summed E-state index contributed by atoms with van der Waals surface area (Å²) < 4.78 is 9.67. The van der Waals surface area contributed by atoms with E-state index < -0.39 is 0 Å². The van der Waals surface area contributed by atoms with Crippen molar-refractivity contribution < 1.29 is 4.74 Å². The number of hydrogen-bond acceptors (Lipinski definition) is 6. The first-order chi connectivity index (χ1) is 14.3. The molecule has 0 spiro atoms. The Bertz CT molecular complexity index is 1260. The second-order valence-corrected chi connectivity index (χ2v) is 6.46. The lowest BCUT2D eigenvalue weighted by Crippen LogP contribution is -2.05. The van der Waals surface area contributed by atoms with Gasteiger partial charge in [-0.3, -0.25) is 9.08 Å². The molecule has 3 heterocycles. The van der Waals surface area contributed by atoms with Gasteiger partial charge in [-0.25, -0.2) is 4.98 Å². The molecule has 8 heteroatoms. The molecule has 0 fully saturated rings. The van der Waals surface area contributed by atoms with E-state index in [0.29, 0.717) is 23.0 Å². The van der Waals surface area contributed by atoms with Crippen LogP contribution in [0.3, 0.4) is 0 Å². The van der Waals surface area contributed by atoms with Crippen molar-refractivity contribution in [3.63, 3.8) is 0 Å². The van der Waals surface area contributed by atoms with Gasteiger partial charge >= 0.3 is 0 Å². The Hall–Kier alpha value is -4.07. The highest BCUT2D eigenvalue weighted by Gasteiger charge is 2.20. The van der Waals surface area contributed by atoms with E-state index in [1.165, 1.54) is 6.33 Å². The lowest BCUT2D eigenvalue weighted by atomic mass is 10.1. The van der Waals surface area contributed by atoms with E-state index in [9.17, 15) is 0 Å². The quantitative estimate of drug-likeness (QED) is 0.464. The first-order valence-corrected chi connectivity index (χ1v) is 9.11. The molecule has 0 aliphatic rings. The summed E-state index contributed by atoms with van der Waals surface area (Å²) in [6.07, 6.45) is 3.16. The van der Waals surface area contributed by atoms with Crippen molar-refractivity contribution in [2.75, 3.05) is 0 Å². The number of nitrogens with zero attached hydrogens (tertiary/aromatic N) is 7. The molecular formula is C21H17N7O. The van der Waals surface area contributed by atoms with Crippen molar-refractivity contribution >= 4 is 5.65 Å². The van der Waals surface area contributed by atoms with Crippen LogP contribution in [0.25, 0.3) is 28.2 Å². The van der Waals surface area contributed by atoms with Crippen molar-refractivity contribution in [1.29, 1.82) is 0 Å². The Kier molecular flexibility index (Phi) is 4.21. The molecule has 2 aromatic carbocycles. The van der Waals surface area contributed by atoms with Crippen LogP contribution in [0.15, 0.2) is 73.3 Å². The fourth-order valence-corrected chi connectivity index (χ4v) is 3.20. The van der Waals surface area contributed by atoms with Gasteiger partial charge in [-0.15, -0.1) is 10.2 Å². The molecule has 0 saturated carbocycles. The normalized spacial score (nSPS) is 11.1. The number of aromatic nitrogens is 7. The van der Waals surface area contributed by atoms with Crippen LogP contribution in [0.2, 0.25) is 0 Å². The summed E-state index contributed by atoms with van der Waals surface area (Å²) in [5.74, 6) is 1.20. The molecule has 0 amide bonds. The molecule has 29 heavy (non-hydrogen) atoms. The smallest absolute Gasteiger partial charge is 0.241 e. The summed E-state index contributed by atoms with van der Waals surface area (Å²) in [5, 5.41) is 12.6. The number of hydrogen-bond donors (Lipinski definition) is 0. The minimum atomic E-state index is 0.252. The second-order valence-electron chi connectivity index (χ2n) is 6.46. The Morgan fingerprint density at radius 2 is 1.66 bits per heavy atom. The summed E-state index contributed by atoms with van der Waals surface area (Å²) in [5.41, 5.74) is 4.10. The monoisotopic (exact) mass is 383 g/mol. The van der Waals surface area contributed by atoms with Crippen LogP contribution >= 0.6 is 0 Å². The van der Waals surface area contributed by atoms with Crippen LogP contribution in [0.1, 0.15) is 5.82 Å². The zero-order valence-corrected chi connectivity index (χ0v) is 15.7. The number of imidazole rings is 1. The van der Waals surface area contributed by atoms with Crippen LogP contribution in [0.5, 0.6) is 5.88 Å². The molecule has 0 bridgehead atoms. The minimum Gasteiger partial charge on any atom is -0.468 e. The molecule has 8 nitrogen and oxygen atoms in total. The van der Waals surface area contributed by atoms with E-state index >= 15 is 0 Å². The lowest BCUT2D eigenvalue weighted by molar-refractivity contribution is 0.281. The Balaban J connectivity index is 1.67. The average molecular weight is 383 g/mol. The predicted octanol–water partition coefficient (Wildman–Crippen LogP) is 3.17. The topological polar surface area (TPSA) is 83.0 Å². The number of fused-ring (bicyclic) bond motifs is 1. The molecule has 0 unspecified atom stereocenters. The molecule has 3 aromatic heterocycles.